The van der Waals surface area contributed by atoms with E-state index >= 15 is 70.2 Å². The van der Waals surface area contributed by atoms with E-state index in [1.807, 2.05) is 0 Å². The van der Waals surface area contributed by atoms with Crippen LogP contribution in [0.2, 0.25) is 0 Å². The van der Waals surface area contributed by atoms with Gasteiger partial charge in [-0.15, -0.1) is 0 Å². The van der Waals surface area contributed by atoms with Gasteiger partial charge in [0.05, 0.1) is 136 Å². The van der Waals surface area contributed by atoms with Gasteiger partial charge in [0.2, 0.25) is 0 Å². The third kappa shape index (κ3) is 18.7. The molecule has 68 heteroatoms. The molecular weight excluding hydrogens is 2160 g/mol. The maximum Gasteiger partial charge on any atom is 0.460 e. The van der Waals surface area contributed by atoms with E-state index in [0.29, 0.717) is 0 Å². The predicted octanol–water partition coefficient (Wildman–Crippen LogP) is 24.8. The summed E-state index contributed by atoms with van der Waals surface area (Å²) in [6.45, 7) is 3.86. The van der Waals surface area contributed by atoms with Crippen LogP contribution in [0.5, 0.6) is 0 Å². The van der Waals surface area contributed by atoms with Crippen molar-refractivity contribution >= 4 is 45.7 Å². The Kier molecular flexibility index (Phi) is 30.9. The van der Waals surface area contributed by atoms with Gasteiger partial charge in [0.1, 0.15) is 0 Å². The van der Waals surface area contributed by atoms with Crippen molar-refractivity contribution in [2.24, 2.45) is 39.9 Å². The first kappa shape index (κ1) is 117. The Morgan fingerprint density at radius 2 is 0.221 bits per heavy atom. The van der Waals surface area contributed by atoms with Gasteiger partial charge in [0, 0.05) is 52.2 Å². The normalized spacial score (nSPS) is 19.1. The molecule has 0 unspecified atom stereocenters. The molecule has 0 fully saturated rings. The fourth-order valence-corrected chi connectivity index (χ4v) is 11.4. The van der Waals surface area contributed by atoms with Crippen LogP contribution in [0.25, 0.3) is 0 Å². The molecule has 0 aromatic heterocycles. The van der Waals surface area contributed by atoms with Crippen molar-refractivity contribution in [2.45, 2.75) is 158 Å². The number of fused-ring (bicyclic) bond motifs is 8. The molecule has 748 valence electrons. The van der Waals surface area contributed by atoms with Crippen LogP contribution in [-0.2, 0) is 39.0 Å². The molecular formula is C68H28F56N8O2Zn2. The van der Waals surface area contributed by atoms with Crippen LogP contribution in [-0.4, -0.2) is 213 Å². The largest absolute Gasteiger partial charge is 0.460 e. The molecule has 0 aromatic carbocycles. The van der Waals surface area contributed by atoms with Gasteiger partial charge < -0.3 is 10.2 Å². The van der Waals surface area contributed by atoms with Crippen molar-refractivity contribution in [1.82, 2.24) is 0 Å². The molecule has 136 heavy (non-hydrogen) atoms. The van der Waals surface area contributed by atoms with Gasteiger partial charge in [-0.2, -0.15) is 246 Å². The van der Waals surface area contributed by atoms with E-state index in [4.69, 9.17) is 10.2 Å². The molecule has 16 bridgehead atoms. The van der Waals surface area contributed by atoms with Gasteiger partial charge in [0.25, 0.3) is 0 Å². The molecule has 10 rings (SSSR count). The Bertz CT molecular complexity index is 4580. The van der Waals surface area contributed by atoms with Gasteiger partial charge in [-0.1, -0.05) is 0 Å². The van der Waals surface area contributed by atoms with Crippen LogP contribution >= 0.6 is 0 Å². The number of halogens is 56. The van der Waals surface area contributed by atoms with Gasteiger partial charge in [-0.05, 0) is 111 Å². The smallest absolute Gasteiger partial charge is 0.397 e. The van der Waals surface area contributed by atoms with Crippen molar-refractivity contribution in [1.29, 1.82) is 0 Å². The molecule has 0 radical (unpaired) electrons. The van der Waals surface area contributed by atoms with Crippen LogP contribution in [0.1, 0.15) is 13.8 Å². The van der Waals surface area contributed by atoms with E-state index in [-0.39, 0.29) is 52.2 Å². The predicted molar refractivity (Wildman–Crippen MR) is 342 cm³/mol. The van der Waals surface area contributed by atoms with E-state index < -0.39 is 377 Å². The average molecular weight is 2180 g/mol. The van der Waals surface area contributed by atoms with Crippen molar-refractivity contribution in [3.8, 4) is 0 Å². The van der Waals surface area contributed by atoms with Gasteiger partial charge in [0.15, 0.2) is 0 Å². The maximum atomic E-state index is 15.6. The fraction of sp³-hybridized carbons (Fsp3) is 0.412. The van der Waals surface area contributed by atoms with Crippen LogP contribution < -0.4 is 0 Å². The number of hydrogen-bond acceptors (Lipinski definition) is 10. The Morgan fingerprint density at radius 3 is 0.279 bits per heavy atom. The van der Waals surface area contributed by atoms with Crippen molar-refractivity contribution in [3.63, 3.8) is 0 Å². The molecule has 0 amide bonds. The number of allylic oxidation sites excluding steroid dienone is 24. The minimum atomic E-state index is -7.53. The number of rotatable bonds is 16. The number of aliphatic imine (C=N–C) groups is 8. The summed E-state index contributed by atoms with van der Waals surface area (Å²) in [6.07, 6.45) is -68.3. The second-order valence-corrected chi connectivity index (χ2v) is 26.5. The quantitative estimate of drug-likeness (QED) is 0.117. The van der Waals surface area contributed by atoms with E-state index in [1.165, 1.54) is 0 Å². The SMILES string of the molecule is CCO.CCO.FC(F)(F)C(F)(F)C(F)(F)C1=C2C=CC(=N2)C(C(F)(F)C(F)(F)C(F)(F)F)=C2C=CC(=N2)C(C(F)(F)C(F)(F)C(F)(F)F)=C2C=CC(=N2)C(C(F)(F)C(F)(F)C(F)(F)F)=C2C=CC1=N2.FC(F)(F)C(F)(F)C(F)(F)C1=C2C=CC(=N2)C(C(F)(F)C(F)(F)C(F)(F)F)=C2C=CC(=N2)C(C(F)(F)C(F)(F)C(F)(F)F)=C2C=CC(=N2)C(C(F)(F)C(F)(F)C(F)(F)F)=C2C=CC1=N2.[Zn].[Zn]. The Morgan fingerprint density at radius 1 is 0.154 bits per heavy atom. The number of alkyl halides is 56. The van der Waals surface area contributed by atoms with Crippen LogP contribution in [0.4, 0.5) is 246 Å². The zero-order valence-corrected chi connectivity index (χ0v) is 69.6. The van der Waals surface area contributed by atoms with E-state index in [0.717, 1.165) is 0 Å². The second-order valence-electron chi connectivity index (χ2n) is 26.5. The van der Waals surface area contributed by atoms with E-state index in [1.54, 1.807) is 13.8 Å². The second kappa shape index (κ2) is 36.0. The first-order valence-corrected chi connectivity index (χ1v) is 33.5. The number of nitrogens with zero attached hydrogens (tertiary/aromatic N) is 8. The minimum absolute atomic E-state index is 0. The molecule has 0 saturated heterocycles. The molecule has 0 aromatic rings. The molecule has 0 saturated carbocycles. The Labute approximate surface area is 737 Å². The summed E-state index contributed by atoms with van der Waals surface area (Å²) in [5.74, 6) is -117. The van der Waals surface area contributed by atoms with Crippen molar-refractivity contribution in [3.05, 3.63) is 187 Å². The number of aliphatic hydroxyl groups excluding tert-OH is 2. The van der Waals surface area contributed by atoms with Crippen molar-refractivity contribution in [2.75, 3.05) is 13.2 Å². The third-order valence-electron chi connectivity index (χ3n) is 17.7. The third-order valence-corrected chi connectivity index (χ3v) is 17.7. The van der Waals surface area contributed by atoms with Gasteiger partial charge >= 0.3 is 144 Å². The minimum Gasteiger partial charge on any atom is -0.397 e. The summed E-state index contributed by atoms with van der Waals surface area (Å²) in [4.78, 5) is 20.9. The summed E-state index contributed by atoms with van der Waals surface area (Å²) in [5, 5.41) is 15.1. The van der Waals surface area contributed by atoms with Crippen LogP contribution in [0, 0.1) is 0 Å². The summed E-state index contributed by atoms with van der Waals surface area (Å²) in [5.41, 5.74) is -65.4. The zero-order valence-electron chi connectivity index (χ0n) is 63.7. The summed E-state index contributed by atoms with van der Waals surface area (Å²) in [7, 11) is 0. The van der Waals surface area contributed by atoms with Gasteiger partial charge in [-0.25, -0.2) is 39.9 Å². The standard InChI is InChI=1S/2C32H8F28N4.2C2H6O.2Zn/c2*33-21(34,25(41,42)29(49,50)51)17-9-1-2-10(61-9)18(22(35,36)26(43,44)30(52,53)54)12-5-6-14(63-12)20(24(39,40)28(47,48)32(58,59)60)16-8-7-15(64-16)19(13-4-3-11(17)62-13)23(37,38)27(45,46)31(55,56)57;2*1-2-3;;/h2*1-8H;2*3H,2H2,1H3;;. The fourth-order valence-electron chi connectivity index (χ4n) is 11.4. The average Bonchev–Trinajstić information content (AvgIpc) is 1.54. The molecule has 0 atom stereocenters. The molecule has 10 heterocycles. The first-order chi connectivity index (χ1) is 59.5. The van der Waals surface area contributed by atoms with Crippen LogP contribution in [0.15, 0.2) is 227 Å². The molecule has 0 spiro atoms. The Balaban J connectivity index is 0.000000448. The Hall–Kier alpha value is -9.55. The summed E-state index contributed by atoms with van der Waals surface area (Å²) < 4.78 is 804. The van der Waals surface area contributed by atoms with E-state index in [2.05, 4.69) is 39.9 Å². The zero-order chi connectivity index (χ0) is 104. The molecule has 10 nitrogen and oxygen atoms in total. The van der Waals surface area contributed by atoms with E-state index in [9.17, 15) is 176 Å². The molecule has 2 N–H and O–H groups in total. The monoisotopic (exact) mass is 2180 g/mol. The van der Waals surface area contributed by atoms with Crippen LogP contribution in [0.3, 0.4) is 0 Å². The van der Waals surface area contributed by atoms with Crippen molar-refractivity contribution < 1.29 is 295 Å². The molecule has 10 aliphatic heterocycles. The number of hydrogen-bond donors (Lipinski definition) is 2. The first-order valence-electron chi connectivity index (χ1n) is 33.5. The maximum absolute atomic E-state index is 15.6. The summed E-state index contributed by atoms with van der Waals surface area (Å²) >= 11 is 0. The summed E-state index contributed by atoms with van der Waals surface area (Å²) in [6, 6.07) is 0. The molecule has 0 aliphatic carbocycles. The molecule has 10 aliphatic rings. The van der Waals surface area contributed by atoms with Gasteiger partial charge in [-0.3, -0.25) is 0 Å². The number of aliphatic hydroxyl groups is 2. The topological polar surface area (TPSA) is 139 Å².